The number of aromatic nitrogens is 1. The maximum absolute atomic E-state index is 9.40. The lowest BCUT2D eigenvalue weighted by atomic mass is 10.2. The zero-order chi connectivity index (χ0) is 17.5. The number of hydrogen-bond donors (Lipinski definition) is 1. The Morgan fingerprint density at radius 1 is 1.00 bits per heavy atom. The van der Waals surface area contributed by atoms with Crippen molar-refractivity contribution >= 4 is 5.69 Å². The van der Waals surface area contributed by atoms with Crippen LogP contribution in [0, 0.1) is 0 Å². The Hall–Kier alpha value is -2.75. The summed E-state index contributed by atoms with van der Waals surface area (Å²) >= 11 is 0. The molecule has 0 aliphatic rings. The van der Waals surface area contributed by atoms with E-state index in [-0.39, 0.29) is 5.75 Å². The van der Waals surface area contributed by atoms with Gasteiger partial charge in [-0.1, -0.05) is 38.0 Å². The van der Waals surface area contributed by atoms with E-state index in [9.17, 15) is 5.11 Å². The van der Waals surface area contributed by atoms with Gasteiger partial charge in [-0.2, -0.15) is 0 Å². The van der Waals surface area contributed by atoms with Crippen LogP contribution in [-0.2, 0) is 6.54 Å². The maximum Gasteiger partial charge on any atom is 0.226 e. The minimum absolute atomic E-state index is 0.238. The van der Waals surface area contributed by atoms with Crippen LogP contribution in [0.25, 0.3) is 11.5 Å². The number of oxazole rings is 1. The lowest BCUT2D eigenvalue weighted by Crippen LogP contribution is -2.24. The number of rotatable bonds is 8. The van der Waals surface area contributed by atoms with Gasteiger partial charge in [0.25, 0.3) is 0 Å². The van der Waals surface area contributed by atoms with Crippen LogP contribution in [0.15, 0.2) is 65.3 Å². The summed E-state index contributed by atoms with van der Waals surface area (Å²) in [5.41, 5.74) is 2.97. The molecule has 130 valence electrons. The molecule has 2 aromatic carbocycles. The van der Waals surface area contributed by atoms with E-state index in [1.54, 1.807) is 30.5 Å². The molecule has 0 radical (unpaired) electrons. The van der Waals surface area contributed by atoms with Crippen LogP contribution in [0.1, 0.15) is 31.9 Å². The van der Waals surface area contributed by atoms with Gasteiger partial charge in [0, 0.05) is 17.8 Å². The highest BCUT2D eigenvalue weighted by Crippen LogP contribution is 2.23. The number of aromatic hydroxyl groups is 1. The molecule has 0 aliphatic carbocycles. The van der Waals surface area contributed by atoms with Crippen LogP contribution in [0.4, 0.5) is 5.69 Å². The molecule has 0 spiro atoms. The van der Waals surface area contributed by atoms with E-state index < -0.39 is 0 Å². The first-order chi connectivity index (χ1) is 12.3. The van der Waals surface area contributed by atoms with Crippen molar-refractivity contribution in [2.24, 2.45) is 0 Å². The van der Waals surface area contributed by atoms with E-state index in [1.807, 2.05) is 6.07 Å². The van der Waals surface area contributed by atoms with Crippen LogP contribution < -0.4 is 4.90 Å². The van der Waals surface area contributed by atoms with Crippen molar-refractivity contribution in [3.8, 4) is 17.2 Å². The smallest absolute Gasteiger partial charge is 0.226 e. The second-order valence-electron chi connectivity index (χ2n) is 6.16. The first-order valence-corrected chi connectivity index (χ1v) is 8.80. The summed E-state index contributed by atoms with van der Waals surface area (Å²) in [7, 11) is 0. The van der Waals surface area contributed by atoms with Gasteiger partial charge in [0.1, 0.15) is 12.0 Å². The zero-order valence-electron chi connectivity index (χ0n) is 14.6. The Bertz CT molecular complexity index is 766. The molecule has 0 atom stereocenters. The van der Waals surface area contributed by atoms with Gasteiger partial charge in [-0.05, 0) is 42.8 Å². The van der Waals surface area contributed by atoms with Crippen molar-refractivity contribution in [2.75, 3.05) is 11.4 Å². The monoisotopic (exact) mass is 336 g/mol. The number of anilines is 1. The normalized spacial score (nSPS) is 10.8. The van der Waals surface area contributed by atoms with Gasteiger partial charge < -0.3 is 14.4 Å². The summed E-state index contributed by atoms with van der Waals surface area (Å²) in [6.07, 6.45) is 5.31. The van der Waals surface area contributed by atoms with Gasteiger partial charge in [-0.15, -0.1) is 0 Å². The average molecular weight is 336 g/mol. The Labute approximate surface area is 148 Å². The molecule has 1 N–H and O–H groups in total. The molecule has 3 aromatic rings. The number of phenols is 1. The Kier molecular flexibility index (Phi) is 5.73. The van der Waals surface area contributed by atoms with Gasteiger partial charge in [0.05, 0.1) is 12.2 Å². The van der Waals surface area contributed by atoms with E-state index >= 15 is 0 Å². The highest BCUT2D eigenvalue weighted by atomic mass is 16.3. The summed E-state index contributed by atoms with van der Waals surface area (Å²) in [5.74, 6) is 0.818. The molecule has 0 bridgehead atoms. The Balaban J connectivity index is 1.74. The number of phenolic OH excluding ortho intramolecular Hbond substituents is 1. The summed E-state index contributed by atoms with van der Waals surface area (Å²) in [6, 6.07) is 17.3. The van der Waals surface area contributed by atoms with Crippen molar-refractivity contribution in [2.45, 2.75) is 32.7 Å². The highest BCUT2D eigenvalue weighted by Gasteiger charge is 2.12. The fourth-order valence-electron chi connectivity index (χ4n) is 2.80. The van der Waals surface area contributed by atoms with Crippen molar-refractivity contribution in [1.29, 1.82) is 0 Å². The van der Waals surface area contributed by atoms with Crippen LogP contribution in [0.3, 0.4) is 0 Å². The third-order valence-corrected chi connectivity index (χ3v) is 4.17. The molecule has 0 aliphatic heterocycles. The molecule has 0 fully saturated rings. The van der Waals surface area contributed by atoms with Crippen molar-refractivity contribution in [3.63, 3.8) is 0 Å². The second-order valence-corrected chi connectivity index (χ2v) is 6.16. The highest BCUT2D eigenvalue weighted by molar-refractivity contribution is 5.54. The molecule has 4 nitrogen and oxygen atoms in total. The number of nitrogens with zero attached hydrogens (tertiary/aromatic N) is 2. The second kappa shape index (κ2) is 8.38. The van der Waals surface area contributed by atoms with Crippen molar-refractivity contribution < 1.29 is 9.52 Å². The van der Waals surface area contributed by atoms with Crippen LogP contribution in [-0.4, -0.2) is 16.6 Å². The van der Waals surface area contributed by atoms with E-state index in [1.165, 1.54) is 18.5 Å². The van der Waals surface area contributed by atoms with Gasteiger partial charge in [0.2, 0.25) is 5.89 Å². The topological polar surface area (TPSA) is 49.5 Å². The molecule has 1 aromatic heterocycles. The Morgan fingerprint density at radius 3 is 2.48 bits per heavy atom. The zero-order valence-corrected chi connectivity index (χ0v) is 14.6. The molecule has 1 heterocycles. The lowest BCUT2D eigenvalue weighted by molar-refractivity contribution is 0.475. The SMILES string of the molecule is CCCCCN(Cc1coc(-c2ccc(O)cc2)n1)c1ccccc1. The summed E-state index contributed by atoms with van der Waals surface area (Å²) < 4.78 is 5.63. The third kappa shape index (κ3) is 4.63. The largest absolute Gasteiger partial charge is 0.508 e. The van der Waals surface area contributed by atoms with E-state index in [4.69, 9.17) is 4.42 Å². The summed E-state index contributed by atoms with van der Waals surface area (Å²) in [6.45, 7) is 3.93. The van der Waals surface area contributed by atoms with E-state index in [2.05, 4.69) is 41.1 Å². The van der Waals surface area contributed by atoms with Gasteiger partial charge >= 0.3 is 0 Å². The average Bonchev–Trinajstić information content (AvgIpc) is 3.11. The molecule has 3 rings (SSSR count). The van der Waals surface area contributed by atoms with Crippen LogP contribution in [0.5, 0.6) is 5.75 Å². The molecule has 0 unspecified atom stereocenters. The molecule has 0 saturated heterocycles. The van der Waals surface area contributed by atoms with Crippen LogP contribution in [0.2, 0.25) is 0 Å². The quantitative estimate of drug-likeness (QED) is 0.571. The van der Waals surface area contributed by atoms with Crippen LogP contribution >= 0.6 is 0 Å². The Morgan fingerprint density at radius 2 is 1.76 bits per heavy atom. The van der Waals surface area contributed by atoms with Gasteiger partial charge in [0.15, 0.2) is 0 Å². The number of para-hydroxylation sites is 1. The van der Waals surface area contributed by atoms with Gasteiger partial charge in [-0.25, -0.2) is 4.98 Å². The summed E-state index contributed by atoms with van der Waals surface area (Å²) in [5, 5.41) is 9.40. The van der Waals surface area contributed by atoms with Crippen molar-refractivity contribution in [1.82, 2.24) is 4.98 Å². The molecule has 25 heavy (non-hydrogen) atoms. The molecular formula is C21H24N2O2. The predicted octanol–water partition coefficient (Wildman–Crippen LogP) is 5.24. The standard InChI is InChI=1S/C21H24N2O2/c1-2-3-7-14-23(19-8-5-4-6-9-19)15-18-16-25-21(22-18)17-10-12-20(24)13-11-17/h4-6,8-13,16,24H,2-3,7,14-15H2,1H3. The minimum atomic E-state index is 0.238. The number of benzene rings is 2. The lowest BCUT2D eigenvalue weighted by Gasteiger charge is -2.23. The first kappa shape index (κ1) is 17.1. The molecular weight excluding hydrogens is 312 g/mol. The summed E-state index contributed by atoms with van der Waals surface area (Å²) in [4.78, 5) is 6.96. The van der Waals surface area contributed by atoms with Gasteiger partial charge in [-0.3, -0.25) is 0 Å². The minimum Gasteiger partial charge on any atom is -0.508 e. The number of hydrogen-bond acceptors (Lipinski definition) is 4. The fourth-order valence-corrected chi connectivity index (χ4v) is 2.80. The fraction of sp³-hybridized carbons (Fsp3) is 0.286. The molecule has 0 amide bonds. The molecule has 4 heteroatoms. The first-order valence-electron chi connectivity index (χ1n) is 8.80. The van der Waals surface area contributed by atoms with E-state index in [0.717, 1.165) is 30.8 Å². The molecule has 0 saturated carbocycles. The maximum atomic E-state index is 9.40. The number of unbranched alkanes of at least 4 members (excludes halogenated alkanes) is 2. The van der Waals surface area contributed by atoms with Crippen molar-refractivity contribution in [3.05, 3.63) is 66.6 Å². The predicted molar refractivity (Wildman–Crippen MR) is 101 cm³/mol. The van der Waals surface area contributed by atoms with E-state index in [0.29, 0.717) is 5.89 Å². The third-order valence-electron chi connectivity index (χ3n) is 4.17.